The Kier molecular flexibility index (Phi) is 9.30. The summed E-state index contributed by atoms with van der Waals surface area (Å²) in [5, 5.41) is 0. The quantitative estimate of drug-likeness (QED) is 0.205. The van der Waals surface area contributed by atoms with Crippen LogP contribution in [0.1, 0.15) is 111 Å². The lowest BCUT2D eigenvalue weighted by Crippen LogP contribution is -2.57. The zero-order valence-electron chi connectivity index (χ0n) is 27.1. The fourth-order valence-electron chi connectivity index (χ4n) is 11.4. The van der Waals surface area contributed by atoms with Gasteiger partial charge in [-0.15, -0.1) is 0 Å². The minimum Gasteiger partial charge on any atom is -0.461 e. The second-order valence-electron chi connectivity index (χ2n) is 15.4. The molecule has 0 aromatic heterocycles. The molecule has 0 bridgehead atoms. The van der Waals surface area contributed by atoms with Crippen molar-refractivity contribution in [2.45, 2.75) is 136 Å². The number of Topliss-reactive ketones (excluding diaryl/α,β-unsaturated/α-hetero) is 1. The highest BCUT2D eigenvalue weighted by molar-refractivity contribution is 6.81. The van der Waals surface area contributed by atoms with Gasteiger partial charge in [-0.1, -0.05) is 96.4 Å². The third-order valence-corrected chi connectivity index (χ3v) is 20.7. The average Bonchev–Trinajstić information content (AvgIpc) is 3.34. The Morgan fingerprint density at radius 1 is 0.951 bits per heavy atom. The highest BCUT2D eigenvalue weighted by Crippen LogP contribution is 2.69. The van der Waals surface area contributed by atoms with Crippen LogP contribution in [-0.4, -0.2) is 19.8 Å². The summed E-state index contributed by atoms with van der Waals surface area (Å²) in [5.41, 5.74) is 2.56. The molecule has 0 amide bonds. The number of rotatable bonds is 10. The van der Waals surface area contributed by atoms with Crippen LogP contribution in [0.5, 0.6) is 0 Å². The van der Waals surface area contributed by atoms with Crippen molar-refractivity contribution in [3.8, 4) is 0 Å². The molecule has 1 aromatic rings. The molecule has 3 nitrogen and oxygen atoms in total. The summed E-state index contributed by atoms with van der Waals surface area (Å²) < 4.78 is 5.59. The first-order chi connectivity index (χ1) is 19.6. The third kappa shape index (κ3) is 5.53. The first-order valence-corrected chi connectivity index (χ1v) is 20.0. The van der Waals surface area contributed by atoms with Gasteiger partial charge < -0.3 is 4.74 Å². The van der Waals surface area contributed by atoms with Crippen LogP contribution in [-0.2, 0) is 20.9 Å². The van der Waals surface area contributed by atoms with Gasteiger partial charge in [0.05, 0.1) is 8.07 Å². The van der Waals surface area contributed by atoms with Gasteiger partial charge in [-0.3, -0.25) is 9.59 Å². The summed E-state index contributed by atoms with van der Waals surface area (Å²) in [7, 11) is -1.23. The number of hydrogen-bond donors (Lipinski definition) is 0. The molecule has 0 N–H and O–H groups in total. The van der Waals surface area contributed by atoms with Gasteiger partial charge in [0, 0.05) is 18.8 Å². The Balaban J connectivity index is 1.22. The van der Waals surface area contributed by atoms with Crippen LogP contribution in [0.3, 0.4) is 0 Å². The molecule has 228 valence electrons. The summed E-state index contributed by atoms with van der Waals surface area (Å²) in [6.45, 7) is 15.2. The van der Waals surface area contributed by atoms with Crippen molar-refractivity contribution >= 4 is 19.8 Å². The first kappa shape index (κ1) is 31.0. The van der Waals surface area contributed by atoms with Gasteiger partial charge in [-0.2, -0.15) is 0 Å². The van der Waals surface area contributed by atoms with Gasteiger partial charge in [-0.05, 0) is 96.5 Å². The summed E-state index contributed by atoms with van der Waals surface area (Å²) >= 11 is 0. The first-order valence-electron chi connectivity index (χ1n) is 17.3. The molecule has 0 unspecified atom stereocenters. The SMILES string of the molecule is CC[Si](CC)(CC)[C@@H]1CC[C@@]2(C)[C@H](CC(=O)[C@@H]3[C@@H]2CC[C@]2(C)[C@@H]([C@H](C)CCC(=O)OCc4ccccc4)CC[C@@H]32)C1. The van der Waals surface area contributed by atoms with Crippen molar-refractivity contribution in [1.29, 1.82) is 0 Å². The zero-order chi connectivity index (χ0) is 29.4. The Morgan fingerprint density at radius 2 is 1.61 bits per heavy atom. The summed E-state index contributed by atoms with van der Waals surface area (Å²) in [4.78, 5) is 26.7. The van der Waals surface area contributed by atoms with E-state index in [0.29, 0.717) is 53.8 Å². The fraction of sp³-hybridized carbons (Fsp3) is 0.784. The molecule has 0 radical (unpaired) electrons. The van der Waals surface area contributed by atoms with Gasteiger partial charge in [0.15, 0.2) is 0 Å². The maximum Gasteiger partial charge on any atom is 0.306 e. The van der Waals surface area contributed by atoms with E-state index in [2.05, 4.69) is 41.5 Å². The van der Waals surface area contributed by atoms with E-state index >= 15 is 0 Å². The Morgan fingerprint density at radius 3 is 2.29 bits per heavy atom. The number of ketones is 1. The standard InChI is InChI=1S/C37H58O3Si/c1-7-41(8-2,9-3)29-19-21-36(5)28(23-29)24-33(38)35-31-17-16-30(37(31,6)22-20-32(35)36)26(4)15-18-34(39)40-25-27-13-11-10-12-14-27/h10-14,26,28-32,35H,7-9,15-25H2,1-6H3/t26-,28+,29-,30-,31+,32+,35+,36+,37-/m1/s1. The number of carbonyl (C=O) groups excluding carboxylic acids is 2. The predicted molar refractivity (Wildman–Crippen MR) is 171 cm³/mol. The van der Waals surface area contributed by atoms with Crippen LogP contribution in [0.25, 0.3) is 0 Å². The van der Waals surface area contributed by atoms with Crippen molar-refractivity contribution in [1.82, 2.24) is 0 Å². The molecule has 0 aliphatic heterocycles. The van der Waals surface area contributed by atoms with Gasteiger partial charge in [0.25, 0.3) is 0 Å². The molecule has 5 rings (SSSR count). The maximum atomic E-state index is 14.1. The molecule has 4 aliphatic carbocycles. The fourth-order valence-corrected chi connectivity index (χ4v) is 16.2. The van der Waals surface area contributed by atoms with E-state index in [-0.39, 0.29) is 17.3 Å². The molecule has 4 heteroatoms. The molecular weight excluding hydrogens is 520 g/mol. The van der Waals surface area contributed by atoms with Crippen LogP contribution in [0.2, 0.25) is 23.7 Å². The lowest BCUT2D eigenvalue weighted by atomic mass is 9.44. The zero-order valence-corrected chi connectivity index (χ0v) is 28.1. The lowest BCUT2D eigenvalue weighted by molar-refractivity contribution is -0.156. The highest BCUT2D eigenvalue weighted by atomic mass is 28.3. The van der Waals surface area contributed by atoms with Crippen LogP contribution < -0.4 is 0 Å². The number of hydrogen-bond acceptors (Lipinski definition) is 3. The normalized spacial score (nSPS) is 37.6. The Hall–Kier alpha value is -1.42. The van der Waals surface area contributed by atoms with Crippen LogP contribution in [0.4, 0.5) is 0 Å². The highest BCUT2D eigenvalue weighted by Gasteiger charge is 2.63. The number of benzene rings is 1. The maximum absolute atomic E-state index is 14.1. The lowest BCUT2D eigenvalue weighted by Gasteiger charge is -2.61. The van der Waals surface area contributed by atoms with Gasteiger partial charge in [0.2, 0.25) is 0 Å². The topological polar surface area (TPSA) is 43.4 Å². The van der Waals surface area contributed by atoms with Crippen LogP contribution >= 0.6 is 0 Å². The van der Waals surface area contributed by atoms with Crippen molar-refractivity contribution in [2.75, 3.05) is 0 Å². The molecular formula is C37H58O3Si. The van der Waals surface area contributed by atoms with E-state index < -0.39 is 8.07 Å². The van der Waals surface area contributed by atoms with E-state index in [1.807, 2.05) is 30.3 Å². The summed E-state index contributed by atoms with van der Waals surface area (Å²) in [6, 6.07) is 14.2. The molecule has 1 aromatic carbocycles. The van der Waals surface area contributed by atoms with Crippen LogP contribution in [0.15, 0.2) is 30.3 Å². The summed E-state index contributed by atoms with van der Waals surface area (Å²) in [6.07, 6.45) is 11.3. The molecule has 0 heterocycles. The summed E-state index contributed by atoms with van der Waals surface area (Å²) in [5.74, 6) is 3.67. The van der Waals surface area contributed by atoms with Gasteiger partial charge in [0.1, 0.15) is 12.4 Å². The van der Waals surface area contributed by atoms with E-state index in [9.17, 15) is 9.59 Å². The smallest absolute Gasteiger partial charge is 0.306 e. The number of ether oxygens (including phenoxy) is 1. The van der Waals surface area contributed by atoms with Crippen molar-refractivity contribution in [3.63, 3.8) is 0 Å². The Labute approximate surface area is 252 Å². The molecule has 4 aliphatic rings. The number of fused-ring (bicyclic) bond motifs is 5. The monoisotopic (exact) mass is 578 g/mol. The van der Waals surface area contributed by atoms with Crippen molar-refractivity contribution in [2.24, 2.45) is 46.3 Å². The van der Waals surface area contributed by atoms with Gasteiger partial charge in [-0.25, -0.2) is 0 Å². The number of carbonyl (C=O) groups is 2. The molecule has 0 saturated heterocycles. The minimum atomic E-state index is -1.23. The largest absolute Gasteiger partial charge is 0.461 e. The average molecular weight is 579 g/mol. The van der Waals surface area contributed by atoms with Crippen molar-refractivity contribution < 1.29 is 14.3 Å². The molecule has 9 atom stereocenters. The van der Waals surface area contributed by atoms with E-state index in [1.54, 1.807) is 0 Å². The van der Waals surface area contributed by atoms with Crippen LogP contribution in [0, 0.1) is 46.3 Å². The third-order valence-electron chi connectivity index (χ3n) is 14.3. The van der Waals surface area contributed by atoms with Gasteiger partial charge >= 0.3 is 5.97 Å². The molecule has 4 saturated carbocycles. The number of esters is 1. The molecule has 4 fully saturated rings. The predicted octanol–water partition coefficient (Wildman–Crippen LogP) is 9.86. The molecule has 0 spiro atoms. The second kappa shape index (κ2) is 12.3. The van der Waals surface area contributed by atoms with E-state index in [1.165, 1.54) is 63.1 Å². The molecule has 41 heavy (non-hydrogen) atoms. The minimum absolute atomic E-state index is 0.0811. The van der Waals surface area contributed by atoms with Crippen molar-refractivity contribution in [3.05, 3.63) is 35.9 Å². The second-order valence-corrected chi connectivity index (χ2v) is 21.1. The van der Waals surface area contributed by atoms with E-state index in [4.69, 9.17) is 4.74 Å². The van der Waals surface area contributed by atoms with E-state index in [0.717, 1.165) is 23.9 Å². The Bertz CT molecular complexity index is 1060.